The van der Waals surface area contributed by atoms with Crippen LogP contribution in [0.4, 0.5) is 5.69 Å². The topological polar surface area (TPSA) is 71.2 Å². The van der Waals surface area contributed by atoms with Crippen molar-refractivity contribution < 1.29 is 14.3 Å². The Hall–Kier alpha value is -1.53. The molecule has 6 rings (SSSR count). The molecule has 1 amide bonds. The molecule has 1 aromatic heterocycles. The molecule has 4 fully saturated rings. The number of esters is 1. The highest BCUT2D eigenvalue weighted by molar-refractivity contribution is 9.10. The molecule has 0 saturated heterocycles. The van der Waals surface area contributed by atoms with Gasteiger partial charge in [0.2, 0.25) is 5.91 Å². The van der Waals surface area contributed by atoms with Crippen LogP contribution in [-0.4, -0.2) is 28.3 Å². The van der Waals surface area contributed by atoms with Crippen LogP contribution in [0, 0.1) is 17.3 Å². The minimum absolute atomic E-state index is 0.0106. The van der Waals surface area contributed by atoms with Gasteiger partial charge in [-0.2, -0.15) is 0 Å². The van der Waals surface area contributed by atoms with Gasteiger partial charge in [-0.25, -0.2) is 4.79 Å². The quantitative estimate of drug-likeness (QED) is 0.478. The van der Waals surface area contributed by atoms with Crippen molar-refractivity contribution in [3.63, 3.8) is 0 Å². The summed E-state index contributed by atoms with van der Waals surface area (Å²) in [6.07, 6.45) is 6.27. The Morgan fingerprint density at radius 1 is 1.25 bits per heavy atom. The van der Waals surface area contributed by atoms with Crippen molar-refractivity contribution in [2.75, 3.05) is 12.4 Å². The fraction of sp³-hybridized carbons (Fsp3) is 0.524. The lowest BCUT2D eigenvalue weighted by molar-refractivity contribution is -0.138. The number of nitrogens with one attached hydrogen (secondary N) is 2. The summed E-state index contributed by atoms with van der Waals surface area (Å²) >= 11 is 10.1. The van der Waals surface area contributed by atoms with Gasteiger partial charge in [0, 0.05) is 20.2 Å². The summed E-state index contributed by atoms with van der Waals surface area (Å²) in [6, 6.07) is 5.32. The normalized spacial score (nSPS) is 33.2. The number of carbonyl (C=O) groups excluding carboxylic acids is 2. The van der Waals surface area contributed by atoms with Crippen molar-refractivity contribution in [2.24, 2.45) is 17.3 Å². The lowest BCUT2D eigenvalue weighted by atomic mass is 9.49. The van der Waals surface area contributed by atoms with E-state index in [1.807, 2.05) is 0 Å². The number of halogens is 2. The zero-order chi connectivity index (χ0) is 19.7. The molecule has 2 N–H and O–H groups in total. The molecule has 2 unspecified atom stereocenters. The van der Waals surface area contributed by atoms with Gasteiger partial charge in [0.15, 0.2) is 0 Å². The third kappa shape index (κ3) is 2.79. The Labute approximate surface area is 176 Å². The van der Waals surface area contributed by atoms with E-state index in [0.29, 0.717) is 22.5 Å². The van der Waals surface area contributed by atoms with E-state index in [1.165, 1.54) is 13.5 Å². The summed E-state index contributed by atoms with van der Waals surface area (Å²) < 4.78 is 5.01. The van der Waals surface area contributed by atoms with E-state index in [0.717, 1.165) is 43.0 Å². The number of aromatic amines is 1. The number of hydrogen-bond acceptors (Lipinski definition) is 3. The monoisotopic (exact) mass is 464 g/mol. The molecule has 28 heavy (non-hydrogen) atoms. The van der Waals surface area contributed by atoms with Gasteiger partial charge in [0.25, 0.3) is 0 Å². The smallest absolute Gasteiger partial charge is 0.356 e. The average molecular weight is 466 g/mol. The molecule has 4 aliphatic rings. The molecular weight excluding hydrogens is 444 g/mol. The number of fused-ring (bicyclic) bond motifs is 1. The van der Waals surface area contributed by atoms with Crippen LogP contribution < -0.4 is 5.32 Å². The fourth-order valence-electron chi connectivity index (χ4n) is 6.21. The molecule has 4 aliphatic carbocycles. The van der Waals surface area contributed by atoms with Crippen LogP contribution in [0.15, 0.2) is 18.2 Å². The second-order valence-electron chi connectivity index (χ2n) is 8.90. The molecule has 1 aromatic carbocycles. The van der Waals surface area contributed by atoms with Gasteiger partial charge in [0.05, 0.1) is 18.2 Å². The van der Waals surface area contributed by atoms with Gasteiger partial charge in [-0.1, -0.05) is 27.5 Å². The molecule has 4 bridgehead atoms. The van der Waals surface area contributed by atoms with Crippen LogP contribution in [0.2, 0.25) is 5.02 Å². The highest BCUT2D eigenvalue weighted by Gasteiger charge is 2.59. The van der Waals surface area contributed by atoms with Crippen LogP contribution >= 0.6 is 27.5 Å². The second-order valence-corrected chi connectivity index (χ2v) is 11.0. The highest BCUT2D eigenvalue weighted by Crippen LogP contribution is 2.64. The lowest BCUT2D eigenvalue weighted by Crippen LogP contribution is -2.57. The third-order valence-electron chi connectivity index (χ3n) is 6.86. The van der Waals surface area contributed by atoms with Crippen molar-refractivity contribution in [3.05, 3.63) is 28.9 Å². The predicted octanol–water partition coefficient (Wildman–Crippen LogP) is 5.28. The fourth-order valence-corrected chi connectivity index (χ4v) is 7.84. The summed E-state index contributed by atoms with van der Waals surface area (Å²) in [6.45, 7) is 0. The SMILES string of the molecule is COC(=O)c1[nH]c2ccc(Cl)cc2c1NC(=O)C12C[C@@H]3C[C@@H](CC(Br)(C3)C1)C2. The molecule has 5 nitrogen and oxygen atoms in total. The Morgan fingerprint density at radius 2 is 1.96 bits per heavy atom. The molecule has 2 aromatic rings. The molecule has 4 saturated carbocycles. The minimum atomic E-state index is -0.509. The maximum Gasteiger partial charge on any atom is 0.356 e. The largest absolute Gasteiger partial charge is 0.464 e. The van der Waals surface area contributed by atoms with E-state index in [9.17, 15) is 9.59 Å². The first-order valence-electron chi connectivity index (χ1n) is 9.71. The van der Waals surface area contributed by atoms with E-state index in [4.69, 9.17) is 16.3 Å². The zero-order valence-electron chi connectivity index (χ0n) is 15.6. The van der Waals surface area contributed by atoms with Crippen molar-refractivity contribution in [2.45, 2.75) is 42.8 Å². The molecule has 4 atom stereocenters. The first-order valence-corrected chi connectivity index (χ1v) is 10.9. The lowest BCUT2D eigenvalue weighted by Gasteiger charge is -2.59. The molecular formula is C21H22BrClN2O3. The maximum atomic E-state index is 13.6. The van der Waals surface area contributed by atoms with Crippen molar-refractivity contribution in [1.29, 1.82) is 0 Å². The van der Waals surface area contributed by atoms with Crippen LogP contribution in [0.5, 0.6) is 0 Å². The minimum Gasteiger partial charge on any atom is -0.464 e. The number of hydrogen-bond donors (Lipinski definition) is 2. The standard InChI is InChI=1S/C21H22BrClN2O3/c1-28-18(26)17-16(14-5-13(23)2-3-15(14)24-17)25-19(27)20-6-11-4-12(7-20)9-21(22,8-11)10-20/h2-3,5,11-12,24H,4,6-10H2,1H3,(H,25,27)/t11-,12+,20?,21?. The summed E-state index contributed by atoms with van der Waals surface area (Å²) in [5.74, 6) is 0.703. The first-order chi connectivity index (χ1) is 13.3. The number of alkyl halides is 1. The number of ether oxygens (including phenoxy) is 1. The Morgan fingerprint density at radius 3 is 2.61 bits per heavy atom. The Bertz CT molecular complexity index is 987. The van der Waals surface area contributed by atoms with Gasteiger partial charge in [-0.05, 0) is 68.6 Å². The van der Waals surface area contributed by atoms with Gasteiger partial charge >= 0.3 is 5.97 Å². The third-order valence-corrected chi connectivity index (χ3v) is 8.02. The molecule has 148 valence electrons. The van der Waals surface area contributed by atoms with Crippen LogP contribution in [0.3, 0.4) is 0 Å². The number of methoxy groups -OCH3 is 1. The molecule has 1 heterocycles. The average Bonchev–Trinajstić information content (AvgIpc) is 2.97. The van der Waals surface area contributed by atoms with Crippen LogP contribution in [0.25, 0.3) is 10.9 Å². The summed E-state index contributed by atoms with van der Waals surface area (Å²) in [4.78, 5) is 29.0. The van der Waals surface area contributed by atoms with Gasteiger partial charge in [-0.3, -0.25) is 4.79 Å². The number of anilines is 1. The van der Waals surface area contributed by atoms with Gasteiger partial charge < -0.3 is 15.0 Å². The predicted molar refractivity (Wildman–Crippen MR) is 112 cm³/mol. The van der Waals surface area contributed by atoms with E-state index in [-0.39, 0.29) is 21.3 Å². The second kappa shape index (κ2) is 6.23. The van der Waals surface area contributed by atoms with Crippen LogP contribution in [-0.2, 0) is 9.53 Å². The molecule has 0 radical (unpaired) electrons. The van der Waals surface area contributed by atoms with Crippen molar-refractivity contribution in [3.8, 4) is 0 Å². The molecule has 0 aliphatic heterocycles. The van der Waals surface area contributed by atoms with Crippen molar-refractivity contribution in [1.82, 2.24) is 4.98 Å². The summed E-state index contributed by atoms with van der Waals surface area (Å²) in [7, 11) is 1.33. The van der Waals surface area contributed by atoms with Crippen LogP contribution in [0.1, 0.15) is 49.0 Å². The number of carbonyl (C=O) groups is 2. The molecule has 7 heteroatoms. The van der Waals surface area contributed by atoms with E-state index in [2.05, 4.69) is 26.2 Å². The van der Waals surface area contributed by atoms with E-state index in [1.54, 1.807) is 18.2 Å². The number of aromatic nitrogens is 1. The molecule has 0 spiro atoms. The number of amides is 1. The first kappa shape index (κ1) is 18.5. The van der Waals surface area contributed by atoms with E-state index < -0.39 is 5.97 Å². The number of benzene rings is 1. The van der Waals surface area contributed by atoms with Gasteiger partial charge in [-0.15, -0.1) is 0 Å². The van der Waals surface area contributed by atoms with Gasteiger partial charge in [0.1, 0.15) is 5.69 Å². The maximum absolute atomic E-state index is 13.6. The number of rotatable bonds is 3. The van der Waals surface area contributed by atoms with Crippen molar-refractivity contribution >= 4 is 56.0 Å². The summed E-state index contributed by atoms with van der Waals surface area (Å²) in [5, 5.41) is 4.37. The number of H-pyrrole nitrogens is 1. The Kier molecular flexibility index (Phi) is 4.12. The summed E-state index contributed by atoms with van der Waals surface area (Å²) in [5.41, 5.74) is 1.09. The zero-order valence-corrected chi connectivity index (χ0v) is 18.0. The highest BCUT2D eigenvalue weighted by atomic mass is 79.9. The van der Waals surface area contributed by atoms with E-state index >= 15 is 0 Å². The Balaban J connectivity index is 1.54.